The number of rotatable bonds is 12. The number of H-pyrrole nitrogens is 2. The molecular weight excluding hydrogens is 1900 g/mol. The van der Waals surface area contributed by atoms with Gasteiger partial charge in [-0.25, -0.2) is 4.79 Å². The Labute approximate surface area is 827 Å². The van der Waals surface area contributed by atoms with Gasteiger partial charge in [-0.2, -0.15) is 19.2 Å². The Morgan fingerprint density at radius 2 is 1.00 bits per heavy atom. The molecule has 5 aliphatic rings. The van der Waals surface area contributed by atoms with Gasteiger partial charge in [0.2, 0.25) is 82.7 Å². The van der Waals surface area contributed by atoms with Crippen molar-refractivity contribution in [2.75, 3.05) is 41.9 Å². The number of carbonyl (C=O) groups excluding carboxylic acids is 20. The summed E-state index contributed by atoms with van der Waals surface area (Å²) in [7, 11) is 0. The number of amides is 15. The summed E-state index contributed by atoms with van der Waals surface area (Å²) in [4.78, 5) is 308. The number of hydrogen-bond acceptors (Lipinski definition) is 27. The molecule has 1 saturated heterocycles. The van der Waals surface area contributed by atoms with Gasteiger partial charge in [0.05, 0.1) is 47.9 Å². The van der Waals surface area contributed by atoms with Crippen LogP contribution >= 0.6 is 35.3 Å². The monoisotopic (exact) mass is 2010 g/mol. The highest BCUT2D eigenvalue weighted by atomic mass is 32.2. The van der Waals surface area contributed by atoms with Gasteiger partial charge in [0, 0.05) is 117 Å². The van der Waals surface area contributed by atoms with E-state index in [1.165, 1.54) is 52.5 Å². The molecule has 15 amide bonds. The lowest BCUT2D eigenvalue weighted by Gasteiger charge is -2.32. The van der Waals surface area contributed by atoms with Gasteiger partial charge >= 0.3 is 24.2 Å². The van der Waals surface area contributed by atoms with E-state index in [0.29, 0.717) is 66.9 Å². The van der Waals surface area contributed by atoms with Gasteiger partial charge in [-0.1, -0.05) is 119 Å². The third-order valence-electron chi connectivity index (χ3n) is 24.3. The number of hydrogen-bond donors (Lipinski definition) is 17. The molecule has 4 aliphatic heterocycles. The molecule has 12 bridgehead atoms. The number of thioether (sulfide) groups is 3. The highest BCUT2D eigenvalue weighted by Crippen LogP contribution is 2.30. The summed E-state index contributed by atoms with van der Waals surface area (Å²) < 4.78 is 0. The molecule has 2 fully saturated rings. The van der Waals surface area contributed by atoms with Crippen molar-refractivity contribution < 1.29 is 121 Å². The molecular formula is C96H114N18O25S3. The molecule has 46 heteroatoms. The third kappa shape index (κ3) is 30.8. The van der Waals surface area contributed by atoms with Crippen LogP contribution in [0.2, 0.25) is 0 Å². The number of primary amides is 1. The maximum absolute atomic E-state index is 15.7. The van der Waals surface area contributed by atoms with E-state index >= 15 is 33.6 Å². The van der Waals surface area contributed by atoms with Crippen molar-refractivity contribution in [2.24, 2.45) is 29.2 Å². The number of benzene rings is 5. The zero-order chi connectivity index (χ0) is 103. The molecule has 0 spiro atoms. The van der Waals surface area contributed by atoms with E-state index in [0.717, 1.165) is 23.5 Å². The highest BCUT2D eigenvalue weighted by Gasteiger charge is 2.44. The van der Waals surface area contributed by atoms with E-state index < -0.39 is 238 Å². The van der Waals surface area contributed by atoms with Gasteiger partial charge in [0.1, 0.15) is 54.4 Å². The van der Waals surface area contributed by atoms with Crippen LogP contribution in [0, 0.1) is 17.8 Å². The van der Waals surface area contributed by atoms with E-state index in [9.17, 15) is 68.1 Å². The van der Waals surface area contributed by atoms with Crippen LogP contribution in [0.25, 0.3) is 21.8 Å². The topological polar surface area (TPSA) is 653 Å². The van der Waals surface area contributed by atoms with Crippen LogP contribution in [-0.4, -0.2) is 277 Å². The second kappa shape index (κ2) is 52.2. The Bertz CT molecular complexity index is 5930. The quantitative estimate of drug-likeness (QED) is 0.0763. The average molecular weight is 2020 g/mol. The number of nitrogens with two attached hydrogens (primary N) is 2. The van der Waals surface area contributed by atoms with E-state index in [1.54, 1.807) is 129 Å². The number of nitrogens with zero attached hydrogens (tertiary/aromatic N) is 4. The standard InChI is InChI=1S/C94H114N18O21S3.2CO2/c1-49(2)79-90(129)102-68(34-78(119)120)85(124)99-37-74(115)100-66(31-60-35-97-64-21-8-6-19-62(60)64)86(125)106-80(50(3)4)93(131)112-25-13-23-71(112)89(128)103-69(82(96)121)44-134-46-75(116)110-40-54-16-10-14-52(26-54)38-109-39-53-15-11-17-55(27-53)41-111(43-57-28-56(42-110)29-59(30-57)94(132)133)76(117)47-135-45-70(88(127)101-67(87(126)105-79)32-61-36-98-65-22-9-7-20-63(61)65)104-84(123)58-18-12-24-72(113)81(73(114)33-58)107-91(130)92(136-48-77(109)118)108-83(122)51(5)95;2*2-1-3/h6-11,14-17,19-22,26-30,35-36,49-51,58,66-72,79-81,92,97-98,113H,12-13,18,23-25,31-34,37-48,95H2,1-5H3,(H2,96,121)(H,99,124)(H,100,115)(H,101,127)(H,102,129)(H,103,128)(H,104,123)(H,105,126)(H,106,125)(H,107,130)(H,108,122)(H,119,120)(H,132,133);;/t51-,58-,66+,67+,68+,69+,70+,71+,72-,79+,80+,81+,92-;;/m1../s1. The van der Waals surface area contributed by atoms with Gasteiger partial charge < -0.3 is 110 Å². The van der Waals surface area contributed by atoms with Crippen LogP contribution in [-0.2, 0) is 153 Å². The molecule has 6 heterocycles. The molecule has 12 rings (SSSR count). The summed E-state index contributed by atoms with van der Waals surface area (Å²) in [5.74, 6) is -22.4. The van der Waals surface area contributed by atoms with Crippen LogP contribution < -0.4 is 64.6 Å². The minimum absolute atomic E-state index is 0.00917. The predicted molar refractivity (Wildman–Crippen MR) is 513 cm³/mol. The van der Waals surface area contributed by atoms with Gasteiger partial charge in [0.25, 0.3) is 5.91 Å². The second-order valence-corrected chi connectivity index (χ2v) is 38.8. The largest absolute Gasteiger partial charge is 0.481 e. The first-order valence-electron chi connectivity index (χ1n) is 45.7. The van der Waals surface area contributed by atoms with Crippen LogP contribution in [0.3, 0.4) is 0 Å². The van der Waals surface area contributed by atoms with Crippen molar-refractivity contribution in [3.8, 4) is 0 Å². The van der Waals surface area contributed by atoms with Crippen molar-refractivity contribution in [2.45, 2.75) is 204 Å². The number of carboxylic acid groups (broad SMARTS) is 2. The summed E-state index contributed by atoms with van der Waals surface area (Å²) in [6.07, 6.45) is -0.0237. The molecule has 0 unspecified atom stereocenters. The fourth-order valence-electron chi connectivity index (χ4n) is 17.1. The van der Waals surface area contributed by atoms with Gasteiger partial charge in [-0.15, -0.1) is 35.3 Å². The Morgan fingerprint density at radius 3 is 1.51 bits per heavy atom. The summed E-state index contributed by atoms with van der Waals surface area (Å²) >= 11 is 2.42. The first kappa shape index (κ1) is 110. The molecule has 1 saturated carbocycles. The van der Waals surface area contributed by atoms with Gasteiger partial charge in [-0.3, -0.25) is 81.5 Å². The van der Waals surface area contributed by atoms with Gasteiger partial charge in [0.15, 0.2) is 11.2 Å². The Balaban J connectivity index is 0.00000337. The number of aliphatic hydroxyl groups excluding tert-OH is 1. The van der Waals surface area contributed by atoms with E-state index in [-0.39, 0.29) is 126 Å². The number of aromatic carboxylic acids is 1. The van der Waals surface area contributed by atoms with Gasteiger partial charge in [-0.05, 0) is 120 Å². The molecule has 142 heavy (non-hydrogen) atoms. The molecule has 1 aliphatic carbocycles. The number of aromatic nitrogens is 2. The first-order chi connectivity index (χ1) is 67.7. The fraction of sp³-hybridized carbons (Fsp3) is 0.438. The van der Waals surface area contributed by atoms with Crippen LogP contribution in [0.15, 0.2) is 128 Å². The minimum Gasteiger partial charge on any atom is -0.481 e. The summed E-state index contributed by atoms with van der Waals surface area (Å²) in [5, 5.41) is 58.7. The second-order valence-electron chi connectivity index (χ2n) is 35.6. The molecule has 19 N–H and O–H groups in total. The van der Waals surface area contributed by atoms with Crippen LogP contribution in [0.4, 0.5) is 0 Å². The minimum atomic E-state index is -1.97. The van der Waals surface area contributed by atoms with Crippen LogP contribution in [0.5, 0.6) is 0 Å². The first-order valence-corrected chi connectivity index (χ1v) is 49.1. The lowest BCUT2D eigenvalue weighted by Crippen LogP contribution is -2.61. The van der Waals surface area contributed by atoms with Crippen molar-refractivity contribution in [3.05, 3.63) is 178 Å². The number of carboxylic acids is 2. The molecule has 756 valence electrons. The van der Waals surface area contributed by atoms with Crippen molar-refractivity contribution >= 4 is 176 Å². The highest BCUT2D eigenvalue weighted by molar-refractivity contribution is 8.01. The normalized spacial score (nSPS) is 23.5. The van der Waals surface area contributed by atoms with E-state index in [2.05, 4.69) is 63.1 Å². The van der Waals surface area contributed by atoms with Crippen molar-refractivity contribution in [3.63, 3.8) is 0 Å². The van der Waals surface area contributed by atoms with Crippen molar-refractivity contribution in [1.82, 2.24) is 82.7 Å². The Hall–Kier alpha value is -14.4. The number of aliphatic carboxylic acids is 1. The number of aromatic amines is 2. The number of nitrogens with one attached hydrogen (secondary N) is 12. The SMILES string of the molecule is CC(C)[C@@H]1NC(=O)[C@H](Cc2c[nH]c3ccccc23)NC(=O)[C@@H]2CSCC(=O)N3Cc4cccc(c4)CN(Cc4cccc(c4)CN(Cc4cc(cc(C(=O)O)c4)C3)C(=O)CSC[C@@H](C(N)=O)NC(=O)[C@@H]3CCCN3C(=O)[C@H](C(C)C)NC(=O)[C@H](Cc3c[nH]c4ccccc34)NC(=O)CNC(=O)[C@H](CC(=O)O)NC1=O)C(=O)CS[C@@H](NC(=O)[C@@H](C)N)C(=O)N[C@@H]1C(=O)C[C@@H](CCC[C@H]1O)C(=O)N2.O=C=O.O=C=O. The smallest absolute Gasteiger partial charge is 0.373 e. The number of fused-ring (bicyclic) bond motifs is 14. The summed E-state index contributed by atoms with van der Waals surface area (Å²) in [6.45, 7) is 5.43. The molecule has 7 aromatic rings. The van der Waals surface area contributed by atoms with E-state index in [1.807, 2.05) is 0 Å². The number of aliphatic hydroxyl groups is 1. The third-order valence-corrected chi connectivity index (χ3v) is 27.4. The average Bonchev–Trinajstić information content (AvgIpc) is 1.59. The van der Waals surface area contributed by atoms with E-state index in [4.69, 9.17) is 30.6 Å². The number of carbonyl (C=O) groups is 18. The van der Waals surface area contributed by atoms with Crippen molar-refractivity contribution in [1.29, 1.82) is 0 Å². The fourth-order valence-corrected chi connectivity index (χ4v) is 19.9. The molecule has 13 atom stereocenters. The number of ketones is 1. The number of para-hydroxylation sites is 2. The molecule has 5 aromatic carbocycles. The zero-order valence-corrected chi connectivity index (χ0v) is 80.8. The Morgan fingerprint density at radius 1 is 0.507 bits per heavy atom. The lowest BCUT2D eigenvalue weighted by atomic mass is 9.85. The molecule has 43 nitrogen and oxygen atoms in total. The molecule has 0 radical (unpaired) electrons. The molecule has 2 aromatic heterocycles. The maximum Gasteiger partial charge on any atom is 0.373 e. The zero-order valence-electron chi connectivity index (χ0n) is 78.3. The van der Waals surface area contributed by atoms with Crippen LogP contribution in [0.1, 0.15) is 134 Å². The predicted octanol–water partition coefficient (Wildman–Crippen LogP) is -0.0403. The Kier molecular flexibility index (Phi) is 40.3. The lowest BCUT2D eigenvalue weighted by molar-refractivity contribution is -0.193. The maximum atomic E-state index is 15.7. The summed E-state index contributed by atoms with van der Waals surface area (Å²) in [6, 6.07) is 16.5. The number of Topliss-reactive ketones (excluding diaryl/α,β-unsaturated/α-hetero) is 1. The summed E-state index contributed by atoms with van der Waals surface area (Å²) in [5.41, 5.74) is 16.6.